The summed E-state index contributed by atoms with van der Waals surface area (Å²) < 4.78 is 29.8. The zero-order valence-corrected chi connectivity index (χ0v) is 13.2. The molecule has 1 aromatic rings. The van der Waals surface area contributed by atoms with E-state index in [0.29, 0.717) is 31.7 Å². The molecule has 7 heteroatoms. The Labute approximate surface area is 129 Å². The SMILES string of the molecule is COC(=O)C(c1cc(OCC2(F)CCNCC2)no1)C(C)C. The van der Waals surface area contributed by atoms with Gasteiger partial charge >= 0.3 is 5.97 Å². The summed E-state index contributed by atoms with van der Waals surface area (Å²) >= 11 is 0. The number of alkyl halides is 1. The number of carbonyl (C=O) groups excluding carboxylic acids is 1. The van der Waals surface area contributed by atoms with Gasteiger partial charge in [-0.1, -0.05) is 13.8 Å². The van der Waals surface area contributed by atoms with Crippen molar-refractivity contribution in [2.24, 2.45) is 5.92 Å². The Bertz CT molecular complexity index is 497. The van der Waals surface area contributed by atoms with E-state index in [9.17, 15) is 9.18 Å². The van der Waals surface area contributed by atoms with Gasteiger partial charge in [0.15, 0.2) is 5.76 Å². The largest absolute Gasteiger partial charge is 0.472 e. The Morgan fingerprint density at radius 2 is 2.18 bits per heavy atom. The number of ether oxygens (including phenoxy) is 2. The number of halogens is 1. The van der Waals surface area contributed by atoms with Crippen LogP contribution in [0, 0.1) is 5.92 Å². The quantitative estimate of drug-likeness (QED) is 0.810. The Balaban J connectivity index is 1.99. The molecule has 2 rings (SSSR count). The molecule has 0 saturated carbocycles. The van der Waals surface area contributed by atoms with Crippen molar-refractivity contribution >= 4 is 5.97 Å². The zero-order valence-electron chi connectivity index (χ0n) is 13.2. The van der Waals surface area contributed by atoms with E-state index in [1.54, 1.807) is 0 Å². The molecule has 1 saturated heterocycles. The van der Waals surface area contributed by atoms with Gasteiger partial charge < -0.3 is 19.3 Å². The Morgan fingerprint density at radius 3 is 2.77 bits per heavy atom. The third-order valence-corrected chi connectivity index (χ3v) is 3.91. The molecule has 0 bridgehead atoms. The third kappa shape index (κ3) is 3.97. The fraction of sp³-hybridized carbons (Fsp3) is 0.733. The molecule has 2 heterocycles. The third-order valence-electron chi connectivity index (χ3n) is 3.91. The van der Waals surface area contributed by atoms with Gasteiger partial charge in [-0.2, -0.15) is 0 Å². The minimum Gasteiger partial charge on any atom is -0.472 e. The van der Waals surface area contributed by atoms with Crippen LogP contribution in [0.2, 0.25) is 0 Å². The van der Waals surface area contributed by atoms with Crippen molar-refractivity contribution in [1.82, 2.24) is 10.5 Å². The van der Waals surface area contributed by atoms with E-state index < -0.39 is 17.6 Å². The number of rotatable bonds is 6. The highest BCUT2D eigenvalue weighted by molar-refractivity contribution is 5.77. The molecule has 6 nitrogen and oxygen atoms in total. The molecule has 124 valence electrons. The first kappa shape index (κ1) is 16.7. The summed E-state index contributed by atoms with van der Waals surface area (Å²) in [5.41, 5.74) is -1.34. The summed E-state index contributed by atoms with van der Waals surface area (Å²) in [4.78, 5) is 11.8. The smallest absolute Gasteiger partial charge is 0.316 e. The Hall–Kier alpha value is -1.63. The number of piperidine rings is 1. The second-order valence-electron chi connectivity index (χ2n) is 6.00. The van der Waals surface area contributed by atoms with Gasteiger partial charge in [-0.05, 0) is 37.0 Å². The van der Waals surface area contributed by atoms with Gasteiger partial charge in [0.25, 0.3) is 5.88 Å². The highest BCUT2D eigenvalue weighted by Crippen LogP contribution is 2.29. The number of aromatic nitrogens is 1. The van der Waals surface area contributed by atoms with Gasteiger partial charge in [0.1, 0.15) is 18.2 Å². The Morgan fingerprint density at radius 1 is 1.50 bits per heavy atom. The van der Waals surface area contributed by atoms with Crippen LogP contribution in [0.25, 0.3) is 0 Å². The molecule has 0 spiro atoms. The van der Waals surface area contributed by atoms with Crippen LogP contribution in [0.4, 0.5) is 4.39 Å². The van der Waals surface area contributed by atoms with E-state index >= 15 is 0 Å². The van der Waals surface area contributed by atoms with E-state index in [4.69, 9.17) is 14.0 Å². The van der Waals surface area contributed by atoms with E-state index in [2.05, 4.69) is 10.5 Å². The summed E-state index contributed by atoms with van der Waals surface area (Å²) in [7, 11) is 1.33. The van der Waals surface area contributed by atoms with Crippen LogP contribution in [0.5, 0.6) is 5.88 Å². The number of carbonyl (C=O) groups is 1. The molecule has 1 aliphatic rings. The molecule has 1 aromatic heterocycles. The van der Waals surface area contributed by atoms with Gasteiger partial charge in [0, 0.05) is 6.07 Å². The summed E-state index contributed by atoms with van der Waals surface area (Å²) in [6, 6.07) is 1.53. The number of nitrogens with one attached hydrogen (secondary N) is 1. The van der Waals surface area contributed by atoms with Crippen molar-refractivity contribution in [2.45, 2.75) is 38.3 Å². The maximum absolute atomic E-state index is 14.4. The van der Waals surface area contributed by atoms with Crippen molar-refractivity contribution in [3.8, 4) is 5.88 Å². The number of esters is 1. The average Bonchev–Trinajstić information content (AvgIpc) is 2.94. The molecule has 1 unspecified atom stereocenters. The first-order valence-electron chi connectivity index (χ1n) is 7.52. The predicted octanol–water partition coefficient (Wildman–Crippen LogP) is 2.06. The van der Waals surface area contributed by atoms with Crippen LogP contribution in [0.1, 0.15) is 38.4 Å². The minimum atomic E-state index is -1.34. The standard InChI is InChI=1S/C15H23FN2O4/c1-10(2)13(14(19)20-3)11-8-12(18-22-11)21-9-15(16)4-6-17-7-5-15/h8,10,13,17H,4-7,9H2,1-3H3. The molecule has 1 atom stereocenters. The van der Waals surface area contributed by atoms with Crippen LogP contribution in [-0.2, 0) is 9.53 Å². The molecule has 1 fully saturated rings. The van der Waals surface area contributed by atoms with Crippen molar-refractivity contribution in [2.75, 3.05) is 26.8 Å². The zero-order chi connectivity index (χ0) is 16.2. The molecule has 0 amide bonds. The maximum Gasteiger partial charge on any atom is 0.316 e. The molecule has 1 aliphatic heterocycles. The first-order chi connectivity index (χ1) is 10.4. The normalized spacial score (nSPS) is 19.0. The van der Waals surface area contributed by atoms with E-state index in [0.717, 1.165) is 0 Å². The van der Waals surface area contributed by atoms with Gasteiger partial charge in [0.2, 0.25) is 0 Å². The summed E-state index contributed by atoms with van der Waals surface area (Å²) in [6.45, 7) is 4.99. The lowest BCUT2D eigenvalue weighted by Crippen LogP contribution is -2.42. The van der Waals surface area contributed by atoms with Crippen LogP contribution in [-0.4, -0.2) is 43.6 Å². The van der Waals surface area contributed by atoms with Gasteiger partial charge in [-0.3, -0.25) is 4.79 Å². The van der Waals surface area contributed by atoms with Crippen LogP contribution >= 0.6 is 0 Å². The van der Waals surface area contributed by atoms with Crippen LogP contribution < -0.4 is 10.1 Å². The van der Waals surface area contributed by atoms with Crippen molar-refractivity contribution in [3.05, 3.63) is 11.8 Å². The van der Waals surface area contributed by atoms with Crippen molar-refractivity contribution < 1.29 is 23.2 Å². The highest BCUT2D eigenvalue weighted by Gasteiger charge is 2.34. The lowest BCUT2D eigenvalue weighted by molar-refractivity contribution is -0.144. The van der Waals surface area contributed by atoms with Crippen LogP contribution in [0.15, 0.2) is 10.6 Å². The topological polar surface area (TPSA) is 73.6 Å². The number of hydrogen-bond acceptors (Lipinski definition) is 6. The van der Waals surface area contributed by atoms with Crippen molar-refractivity contribution in [1.29, 1.82) is 0 Å². The molecule has 0 aromatic carbocycles. The predicted molar refractivity (Wildman–Crippen MR) is 77.5 cm³/mol. The molecular weight excluding hydrogens is 291 g/mol. The summed E-state index contributed by atoms with van der Waals surface area (Å²) in [6.07, 6.45) is 0.822. The highest BCUT2D eigenvalue weighted by atomic mass is 19.1. The molecular formula is C15H23FN2O4. The monoisotopic (exact) mass is 314 g/mol. The first-order valence-corrected chi connectivity index (χ1v) is 7.52. The van der Waals surface area contributed by atoms with Crippen molar-refractivity contribution in [3.63, 3.8) is 0 Å². The fourth-order valence-corrected chi connectivity index (χ4v) is 2.55. The number of hydrogen-bond donors (Lipinski definition) is 1. The molecule has 0 aliphatic carbocycles. The Kier molecular flexibility index (Phi) is 5.39. The average molecular weight is 314 g/mol. The van der Waals surface area contributed by atoms with Gasteiger partial charge in [-0.25, -0.2) is 4.39 Å². The second kappa shape index (κ2) is 7.09. The number of methoxy groups -OCH3 is 1. The lowest BCUT2D eigenvalue weighted by atomic mass is 9.93. The van der Waals surface area contributed by atoms with E-state index in [1.165, 1.54) is 13.2 Å². The van der Waals surface area contributed by atoms with E-state index in [1.807, 2.05) is 13.8 Å². The van der Waals surface area contributed by atoms with Gasteiger partial charge in [-0.15, -0.1) is 0 Å². The number of nitrogens with zero attached hydrogens (tertiary/aromatic N) is 1. The van der Waals surface area contributed by atoms with Gasteiger partial charge in [0.05, 0.1) is 7.11 Å². The maximum atomic E-state index is 14.4. The summed E-state index contributed by atoms with van der Waals surface area (Å²) in [5.74, 6) is -0.383. The molecule has 22 heavy (non-hydrogen) atoms. The molecule has 1 N–H and O–H groups in total. The molecule has 0 radical (unpaired) electrons. The second-order valence-corrected chi connectivity index (χ2v) is 6.00. The lowest BCUT2D eigenvalue weighted by Gasteiger charge is -2.29. The fourth-order valence-electron chi connectivity index (χ4n) is 2.55. The van der Waals surface area contributed by atoms with E-state index in [-0.39, 0.29) is 18.4 Å². The summed E-state index contributed by atoms with van der Waals surface area (Å²) in [5, 5.41) is 6.87. The van der Waals surface area contributed by atoms with Crippen LogP contribution in [0.3, 0.4) is 0 Å². The minimum absolute atomic E-state index is 0.00909.